The Kier molecular flexibility index (Phi) is 5.61. The van der Waals surface area contributed by atoms with Crippen LogP contribution < -0.4 is 5.32 Å². The summed E-state index contributed by atoms with van der Waals surface area (Å²) in [6.07, 6.45) is -10.3. The Bertz CT molecular complexity index is 597. The van der Waals surface area contributed by atoms with Crippen molar-refractivity contribution in [2.45, 2.75) is 31.0 Å². The van der Waals surface area contributed by atoms with Crippen molar-refractivity contribution in [2.75, 3.05) is 5.32 Å². The highest BCUT2D eigenvalue weighted by Crippen LogP contribution is 2.44. The Morgan fingerprint density at radius 2 is 1.65 bits per heavy atom. The fourth-order valence-corrected chi connectivity index (χ4v) is 1.73. The second kappa shape index (κ2) is 6.58. The van der Waals surface area contributed by atoms with E-state index in [4.69, 9.17) is 0 Å². The minimum Gasteiger partial charge on any atom is -0.505 e. The molecule has 0 fully saturated rings. The number of halogens is 7. The van der Waals surface area contributed by atoms with Crippen molar-refractivity contribution in [3.63, 3.8) is 0 Å². The topological polar surface area (TPSA) is 49.3 Å². The van der Waals surface area contributed by atoms with Crippen molar-refractivity contribution >= 4 is 27.5 Å². The van der Waals surface area contributed by atoms with Gasteiger partial charge in [0.1, 0.15) is 0 Å². The van der Waals surface area contributed by atoms with Gasteiger partial charge in [-0.2, -0.15) is 26.3 Å². The molecule has 0 aliphatic heterocycles. The van der Waals surface area contributed by atoms with E-state index in [1.807, 2.05) is 5.32 Å². The van der Waals surface area contributed by atoms with E-state index in [0.717, 1.165) is 0 Å². The summed E-state index contributed by atoms with van der Waals surface area (Å²) < 4.78 is 76.5. The van der Waals surface area contributed by atoms with E-state index in [1.54, 1.807) is 13.8 Å². The minimum absolute atomic E-state index is 0.209. The summed E-state index contributed by atoms with van der Waals surface area (Å²) in [5.74, 6) is -2.62. The van der Waals surface area contributed by atoms with E-state index < -0.39 is 45.7 Å². The molecule has 0 spiro atoms. The molecule has 1 aromatic rings. The highest BCUT2D eigenvalue weighted by molar-refractivity contribution is 9.10. The molecule has 1 aromatic carbocycles. The van der Waals surface area contributed by atoms with Crippen LogP contribution in [-0.2, 0) is 17.1 Å². The van der Waals surface area contributed by atoms with Gasteiger partial charge in [0, 0.05) is 0 Å². The van der Waals surface area contributed by atoms with Crippen molar-refractivity contribution in [1.29, 1.82) is 0 Å². The molecule has 10 heteroatoms. The lowest BCUT2D eigenvalue weighted by Gasteiger charge is -2.19. The minimum atomic E-state index is -5.21. The lowest BCUT2D eigenvalue weighted by Crippen LogP contribution is -2.27. The van der Waals surface area contributed by atoms with Gasteiger partial charge in [-0.15, -0.1) is 0 Å². The second-order valence-electron chi connectivity index (χ2n) is 5.05. The third-order valence-corrected chi connectivity index (χ3v) is 4.31. The summed E-state index contributed by atoms with van der Waals surface area (Å²) in [6, 6.07) is 0.0432. The van der Waals surface area contributed by atoms with E-state index in [9.17, 15) is 36.2 Å². The Balaban J connectivity index is 3.39. The zero-order valence-corrected chi connectivity index (χ0v) is 13.4. The number of amides is 1. The predicted octanol–water partition coefficient (Wildman–Crippen LogP) is 4.79. The van der Waals surface area contributed by atoms with Crippen molar-refractivity contribution in [2.24, 2.45) is 5.92 Å². The Hall–Kier alpha value is -1.45. The van der Waals surface area contributed by atoms with Crippen LogP contribution >= 0.6 is 15.9 Å². The van der Waals surface area contributed by atoms with E-state index in [0.29, 0.717) is 0 Å². The number of anilines is 1. The van der Waals surface area contributed by atoms with Gasteiger partial charge in [0.05, 0.1) is 21.6 Å². The Labute approximate surface area is 135 Å². The normalized spacial score (nSPS) is 14.0. The monoisotopic (exact) mass is 407 g/mol. The average molecular weight is 408 g/mol. The van der Waals surface area contributed by atoms with Crippen molar-refractivity contribution in [3.05, 3.63) is 23.3 Å². The molecular formula is C13H12BrF6NO2. The molecular weight excluding hydrogens is 396 g/mol. The highest BCUT2D eigenvalue weighted by atomic mass is 79.9. The van der Waals surface area contributed by atoms with E-state index in [-0.39, 0.29) is 18.1 Å². The highest BCUT2D eigenvalue weighted by Gasteiger charge is 2.40. The summed E-state index contributed by atoms with van der Waals surface area (Å²) in [5.41, 5.74) is -4.46. The number of carbonyl (C=O) groups is 1. The van der Waals surface area contributed by atoms with Crippen LogP contribution in [0, 0.1) is 5.92 Å². The van der Waals surface area contributed by atoms with Crippen LogP contribution in [0.3, 0.4) is 0 Å². The maximum Gasteiger partial charge on any atom is 0.420 e. The molecule has 1 atom stereocenters. The van der Waals surface area contributed by atoms with Gasteiger partial charge in [0.25, 0.3) is 0 Å². The molecule has 3 nitrogen and oxygen atoms in total. The van der Waals surface area contributed by atoms with Gasteiger partial charge < -0.3 is 10.4 Å². The molecule has 130 valence electrons. The van der Waals surface area contributed by atoms with Crippen molar-refractivity contribution < 1.29 is 36.2 Å². The molecule has 2 N–H and O–H groups in total. The number of hydrogen-bond donors (Lipinski definition) is 2. The molecule has 1 rings (SSSR count). The molecule has 0 aliphatic rings. The first-order valence-corrected chi connectivity index (χ1v) is 7.13. The molecule has 0 radical (unpaired) electrons. The van der Waals surface area contributed by atoms with Gasteiger partial charge in [-0.25, -0.2) is 0 Å². The number of benzene rings is 1. The number of aromatic hydroxyl groups is 1. The number of hydrogen-bond acceptors (Lipinski definition) is 2. The maximum atomic E-state index is 12.8. The summed E-state index contributed by atoms with van der Waals surface area (Å²) in [7, 11) is 0. The van der Waals surface area contributed by atoms with Gasteiger partial charge in [0.15, 0.2) is 5.75 Å². The van der Waals surface area contributed by atoms with E-state index in [2.05, 4.69) is 15.9 Å². The molecule has 0 saturated heterocycles. The summed E-state index contributed by atoms with van der Waals surface area (Å²) in [4.78, 5) is 10.9. The van der Waals surface area contributed by atoms with Crippen molar-refractivity contribution in [3.8, 4) is 5.75 Å². The lowest BCUT2D eigenvalue weighted by molar-refractivity contribution is -0.143. The third-order valence-electron chi connectivity index (χ3n) is 2.84. The summed E-state index contributed by atoms with van der Waals surface area (Å²) in [5, 5.41) is 11.4. The first kappa shape index (κ1) is 19.6. The smallest absolute Gasteiger partial charge is 0.420 e. The molecule has 0 heterocycles. The Morgan fingerprint density at radius 3 is 2.04 bits per heavy atom. The van der Waals surface area contributed by atoms with Crippen LogP contribution in [0.15, 0.2) is 12.1 Å². The van der Waals surface area contributed by atoms with Crippen LogP contribution in [0.25, 0.3) is 0 Å². The van der Waals surface area contributed by atoms with Crippen LogP contribution in [0.2, 0.25) is 0 Å². The third kappa shape index (κ3) is 4.76. The van der Waals surface area contributed by atoms with Crippen LogP contribution in [0.5, 0.6) is 5.75 Å². The molecule has 0 aliphatic carbocycles. The zero-order chi connectivity index (χ0) is 18.2. The lowest BCUT2D eigenvalue weighted by atomic mass is 10.1. The molecule has 0 aromatic heterocycles. The van der Waals surface area contributed by atoms with Gasteiger partial charge in [-0.05, 0) is 18.1 Å². The van der Waals surface area contributed by atoms with Crippen LogP contribution in [0.1, 0.15) is 25.0 Å². The Morgan fingerprint density at radius 1 is 1.13 bits per heavy atom. The standard InChI is InChI=1S/C13H12BrF6NO2/c1-5(2)9(14)11(23)21-8-4-6(12(15,16)17)3-7(10(8)22)13(18,19)20/h3-5,9,22H,1-2H3,(H,21,23). The van der Waals surface area contributed by atoms with Crippen LogP contribution in [0.4, 0.5) is 32.0 Å². The number of nitrogens with one attached hydrogen (secondary N) is 1. The second-order valence-corrected chi connectivity index (χ2v) is 6.04. The van der Waals surface area contributed by atoms with Gasteiger partial charge in [0.2, 0.25) is 5.91 Å². The largest absolute Gasteiger partial charge is 0.505 e. The first-order chi connectivity index (χ1) is 10.2. The SMILES string of the molecule is CC(C)C(Br)C(=O)Nc1cc(C(F)(F)F)cc(C(F)(F)F)c1O. The molecule has 1 unspecified atom stereocenters. The van der Waals surface area contributed by atoms with E-state index >= 15 is 0 Å². The fraction of sp³-hybridized carbons (Fsp3) is 0.462. The predicted molar refractivity (Wildman–Crippen MR) is 74.3 cm³/mol. The molecule has 23 heavy (non-hydrogen) atoms. The fourth-order valence-electron chi connectivity index (χ4n) is 1.61. The number of carbonyl (C=O) groups excluding carboxylic acids is 1. The summed E-state index contributed by atoms with van der Waals surface area (Å²) >= 11 is 2.97. The van der Waals surface area contributed by atoms with Gasteiger partial charge >= 0.3 is 12.4 Å². The average Bonchev–Trinajstić information content (AvgIpc) is 2.37. The number of alkyl halides is 7. The quantitative estimate of drug-likeness (QED) is 0.430. The number of rotatable bonds is 3. The molecule has 1 amide bonds. The van der Waals surface area contributed by atoms with Crippen LogP contribution in [-0.4, -0.2) is 15.8 Å². The molecule has 0 bridgehead atoms. The number of phenols is 1. The summed E-state index contributed by atoms with van der Waals surface area (Å²) in [6.45, 7) is 3.23. The first-order valence-electron chi connectivity index (χ1n) is 6.21. The molecule has 0 saturated carbocycles. The van der Waals surface area contributed by atoms with Gasteiger partial charge in [-0.1, -0.05) is 29.8 Å². The van der Waals surface area contributed by atoms with Crippen molar-refractivity contribution in [1.82, 2.24) is 0 Å². The zero-order valence-electron chi connectivity index (χ0n) is 11.8. The maximum absolute atomic E-state index is 12.8. The van der Waals surface area contributed by atoms with E-state index in [1.165, 1.54) is 0 Å². The number of phenolic OH excluding ortho intramolecular Hbond substituents is 1. The van der Waals surface area contributed by atoms with Gasteiger partial charge in [-0.3, -0.25) is 4.79 Å².